The number of fused-ring (bicyclic) bond motifs is 1. The second kappa shape index (κ2) is 13.1. The zero-order chi connectivity index (χ0) is 38.5. The van der Waals surface area contributed by atoms with Crippen LogP contribution in [0.4, 0.5) is 0 Å². The molecule has 52 heavy (non-hydrogen) atoms. The number of imidazole rings is 1. The molecule has 0 aliphatic carbocycles. The molecule has 254 valence electrons. The number of aromatic hydroxyl groups is 1. The first-order chi connectivity index (χ1) is 26.3. The molecule has 0 aliphatic heterocycles. The molecule has 8 rings (SSSR count). The Balaban J connectivity index is 1.37. The number of aryl methyl sites for hydroxylation is 2. The lowest BCUT2D eigenvalue weighted by Crippen LogP contribution is -2.11. The van der Waals surface area contributed by atoms with Crippen molar-refractivity contribution in [1.29, 1.82) is 0 Å². The number of para-hydroxylation sites is 2. The van der Waals surface area contributed by atoms with Gasteiger partial charge in [-0.2, -0.15) is 0 Å². The lowest BCUT2D eigenvalue weighted by atomic mass is 9.83. The van der Waals surface area contributed by atoms with Gasteiger partial charge in [-0.15, -0.1) is 0 Å². The van der Waals surface area contributed by atoms with Crippen LogP contribution >= 0.6 is 0 Å². The van der Waals surface area contributed by atoms with E-state index in [1.54, 1.807) is 18.2 Å². The van der Waals surface area contributed by atoms with Gasteiger partial charge in [0.2, 0.25) is 0 Å². The number of nitrogens with zero attached hydrogens (tertiary/aromatic N) is 3. The fourth-order valence-corrected chi connectivity index (χ4v) is 6.84. The van der Waals surface area contributed by atoms with E-state index in [0.717, 1.165) is 55.7 Å². The van der Waals surface area contributed by atoms with Crippen LogP contribution in [0.25, 0.3) is 72.7 Å². The molecule has 0 spiro atoms. The number of pyridine rings is 1. The minimum atomic E-state index is -2.44. The van der Waals surface area contributed by atoms with Crippen molar-refractivity contribution in [3.05, 3.63) is 168 Å². The Kier molecular flexibility index (Phi) is 7.44. The van der Waals surface area contributed by atoms with Crippen LogP contribution in [0.2, 0.25) is 0 Å². The summed E-state index contributed by atoms with van der Waals surface area (Å²) in [7, 11) is 0. The summed E-state index contributed by atoms with van der Waals surface area (Å²) < 4.78 is 27.9. The van der Waals surface area contributed by atoms with E-state index in [1.165, 1.54) is 5.56 Å². The van der Waals surface area contributed by atoms with Crippen LogP contribution in [0.15, 0.2) is 152 Å². The van der Waals surface area contributed by atoms with E-state index in [2.05, 4.69) is 82.3 Å². The molecule has 0 fully saturated rings. The van der Waals surface area contributed by atoms with Crippen LogP contribution in [0, 0.1) is 13.8 Å². The molecule has 0 bridgehead atoms. The number of aromatic nitrogens is 3. The molecule has 0 aliphatic rings. The van der Waals surface area contributed by atoms with Crippen molar-refractivity contribution in [2.75, 3.05) is 0 Å². The molecule has 0 saturated heterocycles. The molecule has 0 atom stereocenters. The van der Waals surface area contributed by atoms with Crippen LogP contribution in [-0.4, -0.2) is 19.6 Å². The maximum atomic E-state index is 11.2. The van der Waals surface area contributed by atoms with Gasteiger partial charge in [-0.05, 0) is 113 Å². The molecule has 4 nitrogen and oxygen atoms in total. The first kappa shape index (κ1) is 29.5. The van der Waals surface area contributed by atoms with Gasteiger partial charge in [0, 0.05) is 21.4 Å². The molecule has 2 heterocycles. The summed E-state index contributed by atoms with van der Waals surface area (Å²) >= 11 is 0. The third-order valence-electron chi connectivity index (χ3n) is 9.73. The van der Waals surface area contributed by atoms with Crippen LogP contribution in [-0.2, 0) is 5.41 Å². The largest absolute Gasteiger partial charge is 0.507 e. The highest BCUT2D eigenvalue weighted by Gasteiger charge is 2.23. The Bertz CT molecular complexity index is 2690. The molecule has 8 aromatic rings. The minimum Gasteiger partial charge on any atom is -0.507 e. The highest BCUT2D eigenvalue weighted by molar-refractivity contribution is 5.97. The summed E-state index contributed by atoms with van der Waals surface area (Å²) in [6, 6.07) is 47.6. The number of phenols is 1. The van der Waals surface area contributed by atoms with E-state index in [1.807, 2.05) is 83.6 Å². The highest BCUT2D eigenvalue weighted by atomic mass is 16.3. The number of phenolic OH excluding ortho intramolecular Hbond substituents is 1. The van der Waals surface area contributed by atoms with Gasteiger partial charge >= 0.3 is 0 Å². The van der Waals surface area contributed by atoms with Gasteiger partial charge in [-0.3, -0.25) is 9.55 Å². The van der Waals surface area contributed by atoms with E-state index in [-0.39, 0.29) is 16.7 Å². The van der Waals surface area contributed by atoms with Crippen molar-refractivity contribution >= 4 is 11.0 Å². The standard InChI is InChI=1S/C48H41N3O/c1-31-18-20-34(21-19-31)36-24-25-49-42(30-36)38-27-37(28-39(29-38)48(3,4)5)40-15-11-16-44-46(40)50-47(41-14-9-10-17-45(41)52)51(44)43-23-22-35(26-32(43)2)33-12-7-6-8-13-33/h6-30,52H,1-5H3/i2D3. The Morgan fingerprint density at radius 3 is 2.08 bits per heavy atom. The Labute approximate surface area is 310 Å². The molecule has 0 amide bonds. The third-order valence-corrected chi connectivity index (χ3v) is 9.73. The third kappa shape index (κ3) is 6.18. The average Bonchev–Trinajstić information content (AvgIpc) is 3.57. The summed E-state index contributed by atoms with van der Waals surface area (Å²) in [5.74, 6) is 0.492. The fourth-order valence-electron chi connectivity index (χ4n) is 6.84. The Morgan fingerprint density at radius 2 is 1.31 bits per heavy atom. The first-order valence-corrected chi connectivity index (χ1v) is 17.5. The second-order valence-electron chi connectivity index (χ2n) is 14.4. The maximum absolute atomic E-state index is 11.2. The molecule has 0 saturated carbocycles. The van der Waals surface area contributed by atoms with Gasteiger partial charge in [0.15, 0.2) is 0 Å². The molecule has 4 heteroatoms. The topological polar surface area (TPSA) is 50.9 Å². The van der Waals surface area contributed by atoms with Crippen molar-refractivity contribution in [1.82, 2.24) is 14.5 Å². The monoisotopic (exact) mass is 678 g/mol. The Hall–Kier alpha value is -6.26. The zero-order valence-electron chi connectivity index (χ0n) is 32.7. The molecular weight excluding hydrogens is 635 g/mol. The van der Waals surface area contributed by atoms with Crippen molar-refractivity contribution in [2.24, 2.45) is 0 Å². The van der Waals surface area contributed by atoms with Gasteiger partial charge in [0.05, 0.1) is 28.0 Å². The molecular formula is C48H41N3O. The summed E-state index contributed by atoms with van der Waals surface area (Å²) in [5.41, 5.74) is 12.3. The zero-order valence-corrected chi connectivity index (χ0v) is 29.7. The fraction of sp³-hybridized carbons (Fsp3) is 0.125. The van der Waals surface area contributed by atoms with Crippen molar-refractivity contribution in [3.8, 4) is 67.5 Å². The number of benzene rings is 6. The van der Waals surface area contributed by atoms with Crippen molar-refractivity contribution in [2.45, 2.75) is 40.0 Å². The maximum Gasteiger partial charge on any atom is 0.149 e. The van der Waals surface area contributed by atoms with Gasteiger partial charge in [-0.25, -0.2) is 4.98 Å². The number of rotatable bonds is 6. The van der Waals surface area contributed by atoms with E-state index < -0.39 is 6.85 Å². The van der Waals surface area contributed by atoms with Gasteiger partial charge in [0.1, 0.15) is 11.6 Å². The van der Waals surface area contributed by atoms with Gasteiger partial charge in [-0.1, -0.05) is 117 Å². The summed E-state index contributed by atoms with van der Waals surface area (Å²) in [6.45, 7) is 6.25. The molecule has 6 aromatic carbocycles. The quantitative estimate of drug-likeness (QED) is 0.190. The van der Waals surface area contributed by atoms with E-state index in [4.69, 9.17) is 14.1 Å². The average molecular weight is 679 g/mol. The number of hydrogen-bond donors (Lipinski definition) is 1. The van der Waals surface area contributed by atoms with E-state index in [9.17, 15) is 5.11 Å². The Morgan fingerprint density at radius 1 is 0.615 bits per heavy atom. The van der Waals surface area contributed by atoms with Crippen LogP contribution in [0.3, 0.4) is 0 Å². The molecule has 0 unspecified atom stereocenters. The minimum absolute atomic E-state index is 0.0495. The summed E-state index contributed by atoms with van der Waals surface area (Å²) in [4.78, 5) is 10.1. The van der Waals surface area contributed by atoms with Crippen LogP contribution in [0.1, 0.15) is 41.6 Å². The van der Waals surface area contributed by atoms with Gasteiger partial charge < -0.3 is 5.11 Å². The predicted octanol–water partition coefficient (Wildman–Crippen LogP) is 12.4. The van der Waals surface area contributed by atoms with Crippen molar-refractivity contribution < 1.29 is 9.22 Å². The summed E-state index contributed by atoms with van der Waals surface area (Å²) in [5, 5.41) is 11.2. The smallest absolute Gasteiger partial charge is 0.149 e. The first-order valence-electron chi connectivity index (χ1n) is 19.0. The molecule has 2 aromatic heterocycles. The number of hydrogen-bond acceptors (Lipinski definition) is 3. The normalized spacial score (nSPS) is 12.7. The van der Waals surface area contributed by atoms with E-state index in [0.29, 0.717) is 22.6 Å². The predicted molar refractivity (Wildman–Crippen MR) is 216 cm³/mol. The SMILES string of the molecule is [2H]C([2H])([2H])c1cc(-c2ccccc2)ccc1-n1c(-c2ccccc2O)nc2c(-c3cc(-c4cc(-c5ccc(C)cc5)ccn4)cc(C(C)(C)C)c3)cccc21. The van der Waals surface area contributed by atoms with E-state index >= 15 is 0 Å². The van der Waals surface area contributed by atoms with Crippen LogP contribution in [0.5, 0.6) is 5.75 Å². The van der Waals surface area contributed by atoms with Crippen LogP contribution < -0.4 is 0 Å². The highest BCUT2D eigenvalue weighted by Crippen LogP contribution is 2.40. The second-order valence-corrected chi connectivity index (χ2v) is 14.4. The lowest BCUT2D eigenvalue weighted by Gasteiger charge is -2.22. The van der Waals surface area contributed by atoms with Gasteiger partial charge in [0.25, 0.3) is 0 Å². The lowest BCUT2D eigenvalue weighted by molar-refractivity contribution is 0.477. The van der Waals surface area contributed by atoms with Crippen molar-refractivity contribution in [3.63, 3.8) is 0 Å². The molecule has 1 N–H and O–H groups in total. The molecule has 0 radical (unpaired) electrons. The summed E-state index contributed by atoms with van der Waals surface area (Å²) in [6.07, 6.45) is 1.86.